The van der Waals surface area contributed by atoms with Gasteiger partial charge >= 0.3 is 0 Å². The van der Waals surface area contributed by atoms with Crippen molar-refractivity contribution < 1.29 is 23.9 Å². The van der Waals surface area contributed by atoms with Gasteiger partial charge in [0.15, 0.2) is 18.1 Å². The number of hydrogen-bond acceptors (Lipinski definition) is 6. The van der Waals surface area contributed by atoms with E-state index in [1.165, 1.54) is 20.3 Å². The molecule has 0 unspecified atom stereocenters. The Morgan fingerprint density at radius 2 is 1.78 bits per heavy atom. The fourth-order valence-electron chi connectivity index (χ4n) is 2.53. The van der Waals surface area contributed by atoms with Gasteiger partial charge in [-0.15, -0.1) is 0 Å². The van der Waals surface area contributed by atoms with Crippen molar-refractivity contribution in [3.8, 4) is 17.2 Å². The van der Waals surface area contributed by atoms with Crippen LogP contribution in [0.15, 0.2) is 36.4 Å². The number of carbonyl (C=O) groups is 1. The molecule has 0 aliphatic heterocycles. The van der Waals surface area contributed by atoms with E-state index in [0.29, 0.717) is 17.1 Å². The number of aryl methyl sites for hydroxylation is 1. The van der Waals surface area contributed by atoms with Crippen LogP contribution in [-0.2, 0) is 11.2 Å². The lowest BCUT2D eigenvalue weighted by atomic mass is 10.1. The summed E-state index contributed by atoms with van der Waals surface area (Å²) in [4.78, 5) is 22.7. The summed E-state index contributed by atoms with van der Waals surface area (Å²) in [6, 6.07) is 10.3. The highest BCUT2D eigenvalue weighted by molar-refractivity contribution is 5.77. The summed E-state index contributed by atoms with van der Waals surface area (Å²) in [5.41, 5.74) is 1.29. The summed E-state index contributed by atoms with van der Waals surface area (Å²) in [5, 5.41) is 14.0. The molecule has 0 aliphatic rings. The average molecular weight is 374 g/mol. The van der Waals surface area contributed by atoms with Crippen LogP contribution >= 0.6 is 0 Å². The Kier molecular flexibility index (Phi) is 6.99. The van der Waals surface area contributed by atoms with Crippen molar-refractivity contribution in [2.24, 2.45) is 0 Å². The quantitative estimate of drug-likeness (QED) is 0.535. The predicted molar refractivity (Wildman–Crippen MR) is 99.6 cm³/mol. The van der Waals surface area contributed by atoms with Gasteiger partial charge in [0.2, 0.25) is 0 Å². The van der Waals surface area contributed by atoms with Crippen LogP contribution in [0.3, 0.4) is 0 Å². The molecule has 0 heterocycles. The van der Waals surface area contributed by atoms with Crippen molar-refractivity contribution in [3.05, 3.63) is 57.6 Å². The Morgan fingerprint density at radius 1 is 1.11 bits per heavy atom. The van der Waals surface area contributed by atoms with Crippen LogP contribution in [0.4, 0.5) is 5.69 Å². The monoisotopic (exact) mass is 374 g/mol. The fourth-order valence-corrected chi connectivity index (χ4v) is 2.53. The number of hydrogen-bond donors (Lipinski definition) is 1. The van der Waals surface area contributed by atoms with Gasteiger partial charge in [0.05, 0.1) is 25.2 Å². The smallest absolute Gasteiger partial charge is 0.276 e. The molecular formula is C19H22N2O6. The first-order valence-electron chi connectivity index (χ1n) is 8.30. The van der Waals surface area contributed by atoms with Gasteiger partial charge in [-0.1, -0.05) is 18.2 Å². The molecule has 0 atom stereocenters. The first-order valence-corrected chi connectivity index (χ1v) is 8.30. The third-order valence-electron chi connectivity index (χ3n) is 3.95. The number of rotatable bonds is 9. The molecule has 27 heavy (non-hydrogen) atoms. The van der Waals surface area contributed by atoms with Crippen molar-refractivity contribution in [1.29, 1.82) is 0 Å². The molecule has 2 aromatic carbocycles. The third-order valence-corrected chi connectivity index (χ3v) is 3.95. The molecule has 8 heteroatoms. The molecule has 0 radical (unpaired) electrons. The van der Waals surface area contributed by atoms with Crippen LogP contribution in [0.5, 0.6) is 17.2 Å². The topological polar surface area (TPSA) is 99.9 Å². The molecule has 0 fully saturated rings. The average Bonchev–Trinajstić information content (AvgIpc) is 2.66. The number of ether oxygens (including phenoxy) is 3. The van der Waals surface area contributed by atoms with Crippen molar-refractivity contribution in [2.45, 2.75) is 13.3 Å². The van der Waals surface area contributed by atoms with Crippen LogP contribution in [-0.4, -0.2) is 38.2 Å². The van der Waals surface area contributed by atoms with Gasteiger partial charge in [0.1, 0.15) is 5.75 Å². The zero-order valence-corrected chi connectivity index (χ0v) is 15.5. The van der Waals surface area contributed by atoms with Crippen LogP contribution < -0.4 is 19.5 Å². The number of carbonyl (C=O) groups excluding carboxylic acids is 1. The van der Waals surface area contributed by atoms with E-state index >= 15 is 0 Å². The number of methoxy groups -OCH3 is 2. The Bertz CT molecular complexity index is 822. The number of nitrogens with zero attached hydrogens (tertiary/aromatic N) is 1. The molecule has 0 bridgehead atoms. The Hall–Kier alpha value is -3.29. The van der Waals surface area contributed by atoms with Gasteiger partial charge in [0.25, 0.3) is 11.6 Å². The Balaban J connectivity index is 1.95. The first kappa shape index (κ1) is 20.0. The van der Waals surface area contributed by atoms with Gasteiger partial charge < -0.3 is 19.5 Å². The zero-order chi connectivity index (χ0) is 19.8. The maximum atomic E-state index is 11.9. The number of nitrogens with one attached hydrogen (secondary N) is 1. The summed E-state index contributed by atoms with van der Waals surface area (Å²) in [5.74, 6) is 1.01. The van der Waals surface area contributed by atoms with Gasteiger partial charge in [-0.3, -0.25) is 14.9 Å². The van der Waals surface area contributed by atoms with E-state index in [-0.39, 0.29) is 36.9 Å². The Morgan fingerprint density at radius 3 is 2.41 bits per heavy atom. The summed E-state index contributed by atoms with van der Waals surface area (Å²) >= 11 is 0. The minimum atomic E-state index is -0.486. The predicted octanol–water partition coefficient (Wildman–Crippen LogP) is 2.66. The fraction of sp³-hybridized carbons (Fsp3) is 0.316. The van der Waals surface area contributed by atoms with Gasteiger partial charge in [-0.25, -0.2) is 0 Å². The van der Waals surface area contributed by atoms with Crippen molar-refractivity contribution >= 4 is 11.6 Å². The van der Waals surface area contributed by atoms with E-state index in [9.17, 15) is 14.9 Å². The van der Waals surface area contributed by atoms with Gasteiger partial charge in [-0.05, 0) is 31.0 Å². The Labute approximate surface area is 157 Å². The van der Waals surface area contributed by atoms with E-state index in [1.54, 1.807) is 12.1 Å². The molecule has 1 N–H and O–H groups in total. The molecule has 0 saturated heterocycles. The molecule has 144 valence electrons. The molecular weight excluding hydrogens is 352 g/mol. The van der Waals surface area contributed by atoms with Gasteiger partial charge in [0, 0.05) is 12.1 Å². The lowest BCUT2D eigenvalue weighted by Crippen LogP contribution is -2.30. The lowest BCUT2D eigenvalue weighted by Gasteiger charge is -2.11. The second kappa shape index (κ2) is 9.42. The SMILES string of the molecule is COc1cc(CCNC(=O)COc2ccccc2C)c([N+](=O)[O-])cc1OC. The molecule has 0 saturated carbocycles. The van der Waals surface area contributed by atoms with E-state index in [4.69, 9.17) is 14.2 Å². The molecule has 0 aromatic heterocycles. The molecule has 8 nitrogen and oxygen atoms in total. The van der Waals surface area contributed by atoms with Crippen molar-refractivity contribution in [3.63, 3.8) is 0 Å². The maximum Gasteiger partial charge on any atom is 0.276 e. The maximum absolute atomic E-state index is 11.9. The normalized spacial score (nSPS) is 10.2. The summed E-state index contributed by atoms with van der Waals surface area (Å²) < 4.78 is 15.7. The molecule has 0 spiro atoms. The number of amides is 1. The van der Waals surface area contributed by atoms with Crippen LogP contribution in [0, 0.1) is 17.0 Å². The van der Waals surface area contributed by atoms with Crippen molar-refractivity contribution in [2.75, 3.05) is 27.4 Å². The molecule has 1 amide bonds. The van der Waals surface area contributed by atoms with Gasteiger partial charge in [-0.2, -0.15) is 0 Å². The number of nitro groups is 1. The standard InChI is InChI=1S/C19H22N2O6/c1-13-6-4-5-7-16(13)27-12-19(22)20-9-8-14-10-17(25-2)18(26-3)11-15(14)21(23)24/h4-7,10-11H,8-9,12H2,1-3H3,(H,20,22). The minimum absolute atomic E-state index is 0.0851. The first-order chi connectivity index (χ1) is 13.0. The second-order valence-electron chi connectivity index (χ2n) is 5.75. The van der Waals surface area contributed by atoms with E-state index < -0.39 is 4.92 Å². The largest absolute Gasteiger partial charge is 0.493 e. The summed E-state index contributed by atoms with van der Waals surface area (Å²) in [7, 11) is 2.87. The highest BCUT2D eigenvalue weighted by atomic mass is 16.6. The summed E-state index contributed by atoms with van der Waals surface area (Å²) in [6.45, 7) is 1.99. The second-order valence-corrected chi connectivity index (χ2v) is 5.75. The van der Waals surface area contributed by atoms with E-state index in [0.717, 1.165) is 5.56 Å². The zero-order valence-electron chi connectivity index (χ0n) is 15.5. The van der Waals surface area contributed by atoms with Crippen molar-refractivity contribution in [1.82, 2.24) is 5.32 Å². The third kappa shape index (κ3) is 5.34. The number of para-hydroxylation sites is 1. The summed E-state index contributed by atoms with van der Waals surface area (Å²) in [6.07, 6.45) is 0.271. The van der Waals surface area contributed by atoms with Crippen LogP contribution in [0.25, 0.3) is 0 Å². The number of benzene rings is 2. The highest BCUT2D eigenvalue weighted by Crippen LogP contribution is 2.34. The van der Waals surface area contributed by atoms with Crippen LogP contribution in [0.2, 0.25) is 0 Å². The van der Waals surface area contributed by atoms with E-state index in [2.05, 4.69) is 5.32 Å². The lowest BCUT2D eigenvalue weighted by molar-refractivity contribution is -0.385. The highest BCUT2D eigenvalue weighted by Gasteiger charge is 2.19. The molecule has 2 aromatic rings. The molecule has 2 rings (SSSR count). The molecule has 0 aliphatic carbocycles. The minimum Gasteiger partial charge on any atom is -0.493 e. The van der Waals surface area contributed by atoms with Crippen LogP contribution in [0.1, 0.15) is 11.1 Å². The van der Waals surface area contributed by atoms with E-state index in [1.807, 2.05) is 25.1 Å². The number of nitro benzene ring substituents is 1.